The molecule has 4 heteroatoms. The van der Waals surface area contributed by atoms with E-state index in [1.807, 2.05) is 38.1 Å². The highest BCUT2D eigenvalue weighted by Crippen LogP contribution is 2.24. The molecule has 1 unspecified atom stereocenters. The molecule has 0 aliphatic carbocycles. The molecule has 0 saturated carbocycles. The molecule has 0 aliphatic heterocycles. The molecule has 0 bridgehead atoms. The number of hydrogen-bond acceptors (Lipinski definition) is 4. The average Bonchev–Trinajstić information content (AvgIpc) is 2.38. The van der Waals surface area contributed by atoms with Crippen molar-refractivity contribution in [3.8, 4) is 5.75 Å². The number of methoxy groups -OCH3 is 2. The van der Waals surface area contributed by atoms with Gasteiger partial charge in [-0.3, -0.25) is 5.32 Å². The average molecular weight is 237 g/mol. The van der Waals surface area contributed by atoms with Crippen molar-refractivity contribution in [2.75, 3.05) is 20.8 Å². The maximum absolute atomic E-state index is 11.9. The topological polar surface area (TPSA) is 47.6 Å². The van der Waals surface area contributed by atoms with Gasteiger partial charge in [-0.05, 0) is 31.2 Å². The normalized spacial score (nSPS) is 13.9. The standard InChI is InChI=1S/C13H19NO3/c1-5-14-13(2,12(15)17-4)10-6-8-11(16-3)9-7-10/h6-9,14H,5H2,1-4H3. The Morgan fingerprint density at radius 2 is 1.88 bits per heavy atom. The van der Waals surface area contributed by atoms with Crippen LogP contribution in [0.15, 0.2) is 24.3 Å². The van der Waals surface area contributed by atoms with E-state index in [1.54, 1.807) is 7.11 Å². The van der Waals surface area contributed by atoms with E-state index in [2.05, 4.69) is 5.32 Å². The third-order valence-electron chi connectivity index (χ3n) is 2.79. The number of esters is 1. The first-order valence-electron chi connectivity index (χ1n) is 5.56. The van der Waals surface area contributed by atoms with Crippen LogP contribution in [0.5, 0.6) is 5.75 Å². The van der Waals surface area contributed by atoms with Crippen LogP contribution >= 0.6 is 0 Å². The Bertz CT molecular complexity index is 375. The number of nitrogens with one attached hydrogen (secondary N) is 1. The molecule has 0 fully saturated rings. The SMILES string of the molecule is CCNC(C)(C(=O)OC)c1ccc(OC)cc1. The van der Waals surface area contributed by atoms with E-state index < -0.39 is 5.54 Å². The van der Waals surface area contributed by atoms with Gasteiger partial charge < -0.3 is 9.47 Å². The van der Waals surface area contributed by atoms with Crippen molar-refractivity contribution < 1.29 is 14.3 Å². The molecule has 1 aromatic carbocycles. The fraction of sp³-hybridized carbons (Fsp3) is 0.462. The Morgan fingerprint density at radius 1 is 1.29 bits per heavy atom. The number of ether oxygens (including phenoxy) is 2. The van der Waals surface area contributed by atoms with Gasteiger partial charge in [0.15, 0.2) is 0 Å². The van der Waals surface area contributed by atoms with Crippen LogP contribution in [0.1, 0.15) is 19.4 Å². The summed E-state index contributed by atoms with van der Waals surface area (Å²) in [5.41, 5.74) is 0.0301. The zero-order valence-corrected chi connectivity index (χ0v) is 10.7. The third-order valence-corrected chi connectivity index (χ3v) is 2.79. The molecule has 0 aliphatic rings. The first-order valence-corrected chi connectivity index (χ1v) is 5.56. The first kappa shape index (κ1) is 13.5. The van der Waals surface area contributed by atoms with Crippen LogP contribution < -0.4 is 10.1 Å². The summed E-state index contributed by atoms with van der Waals surface area (Å²) in [4.78, 5) is 11.9. The van der Waals surface area contributed by atoms with Gasteiger partial charge in [-0.2, -0.15) is 0 Å². The Kier molecular flexibility index (Phi) is 4.52. The van der Waals surface area contributed by atoms with E-state index >= 15 is 0 Å². The van der Waals surface area contributed by atoms with E-state index in [0.717, 1.165) is 11.3 Å². The fourth-order valence-corrected chi connectivity index (χ4v) is 1.77. The number of rotatable bonds is 5. The molecule has 0 aromatic heterocycles. The van der Waals surface area contributed by atoms with Gasteiger partial charge in [-0.15, -0.1) is 0 Å². The van der Waals surface area contributed by atoms with E-state index in [9.17, 15) is 4.79 Å². The predicted octanol–water partition coefficient (Wildman–Crippen LogP) is 1.69. The van der Waals surface area contributed by atoms with Crippen LogP contribution in [-0.2, 0) is 15.1 Å². The van der Waals surface area contributed by atoms with Gasteiger partial charge in [0.2, 0.25) is 0 Å². The molecule has 0 spiro atoms. The van der Waals surface area contributed by atoms with Crippen LogP contribution in [0.2, 0.25) is 0 Å². The summed E-state index contributed by atoms with van der Waals surface area (Å²) < 4.78 is 9.94. The molecule has 4 nitrogen and oxygen atoms in total. The second-order valence-electron chi connectivity index (χ2n) is 3.88. The lowest BCUT2D eigenvalue weighted by Gasteiger charge is -2.28. The van der Waals surface area contributed by atoms with Gasteiger partial charge in [-0.25, -0.2) is 4.79 Å². The summed E-state index contributed by atoms with van der Waals surface area (Å²) in [5.74, 6) is 0.460. The summed E-state index contributed by atoms with van der Waals surface area (Å²) in [5, 5.41) is 3.15. The van der Waals surface area contributed by atoms with Crippen LogP contribution in [0.4, 0.5) is 0 Å². The smallest absolute Gasteiger partial charge is 0.330 e. The van der Waals surface area contributed by atoms with Gasteiger partial charge >= 0.3 is 5.97 Å². The second kappa shape index (κ2) is 5.68. The molecule has 1 rings (SSSR count). The van der Waals surface area contributed by atoms with Crippen molar-refractivity contribution >= 4 is 5.97 Å². The molecule has 0 heterocycles. The molecule has 0 saturated heterocycles. The molecular weight excluding hydrogens is 218 g/mol. The van der Waals surface area contributed by atoms with Crippen LogP contribution in [0.25, 0.3) is 0 Å². The van der Waals surface area contributed by atoms with E-state index in [4.69, 9.17) is 9.47 Å². The lowest BCUT2D eigenvalue weighted by atomic mass is 9.92. The quantitative estimate of drug-likeness (QED) is 0.792. The monoisotopic (exact) mass is 237 g/mol. The molecular formula is C13H19NO3. The van der Waals surface area contributed by atoms with Gasteiger partial charge in [0.05, 0.1) is 14.2 Å². The lowest BCUT2D eigenvalue weighted by Crippen LogP contribution is -2.47. The summed E-state index contributed by atoms with van der Waals surface area (Å²) in [7, 11) is 3.00. The number of carbonyl (C=O) groups is 1. The number of likely N-dealkylation sites (N-methyl/N-ethyl adjacent to an activating group) is 1. The fourth-order valence-electron chi connectivity index (χ4n) is 1.77. The number of carbonyl (C=O) groups excluding carboxylic acids is 1. The van der Waals surface area contributed by atoms with Gasteiger partial charge in [0, 0.05) is 0 Å². The minimum absolute atomic E-state index is 0.301. The zero-order valence-electron chi connectivity index (χ0n) is 10.7. The van der Waals surface area contributed by atoms with Gasteiger partial charge in [-0.1, -0.05) is 19.1 Å². The zero-order chi connectivity index (χ0) is 12.9. The van der Waals surface area contributed by atoms with Crippen LogP contribution in [-0.4, -0.2) is 26.7 Å². The number of hydrogen-bond donors (Lipinski definition) is 1. The Hall–Kier alpha value is -1.55. The van der Waals surface area contributed by atoms with Crippen LogP contribution in [0.3, 0.4) is 0 Å². The Labute approximate surface area is 102 Å². The maximum atomic E-state index is 11.9. The van der Waals surface area contributed by atoms with Gasteiger partial charge in [0.1, 0.15) is 11.3 Å². The molecule has 0 radical (unpaired) electrons. The van der Waals surface area contributed by atoms with Crippen molar-refractivity contribution in [2.45, 2.75) is 19.4 Å². The minimum Gasteiger partial charge on any atom is -0.497 e. The summed E-state index contributed by atoms with van der Waals surface area (Å²) >= 11 is 0. The van der Waals surface area contributed by atoms with Crippen molar-refractivity contribution in [1.29, 1.82) is 0 Å². The number of benzene rings is 1. The van der Waals surface area contributed by atoms with Gasteiger partial charge in [0.25, 0.3) is 0 Å². The van der Waals surface area contributed by atoms with Crippen molar-refractivity contribution in [3.05, 3.63) is 29.8 Å². The largest absolute Gasteiger partial charge is 0.497 e. The van der Waals surface area contributed by atoms with E-state index in [-0.39, 0.29) is 5.97 Å². The summed E-state index contributed by atoms with van der Waals surface area (Å²) in [6.45, 7) is 4.44. The molecule has 1 aromatic rings. The molecule has 17 heavy (non-hydrogen) atoms. The summed E-state index contributed by atoms with van der Waals surface area (Å²) in [6, 6.07) is 7.37. The maximum Gasteiger partial charge on any atom is 0.330 e. The molecule has 94 valence electrons. The predicted molar refractivity (Wildman–Crippen MR) is 66.0 cm³/mol. The van der Waals surface area contributed by atoms with Crippen molar-refractivity contribution in [3.63, 3.8) is 0 Å². The van der Waals surface area contributed by atoms with Crippen LogP contribution in [0, 0.1) is 0 Å². The lowest BCUT2D eigenvalue weighted by molar-refractivity contribution is -0.148. The second-order valence-corrected chi connectivity index (χ2v) is 3.88. The molecule has 0 amide bonds. The third kappa shape index (κ3) is 2.77. The summed E-state index contributed by atoms with van der Waals surface area (Å²) in [6.07, 6.45) is 0. The van der Waals surface area contributed by atoms with E-state index in [0.29, 0.717) is 6.54 Å². The first-order chi connectivity index (χ1) is 8.08. The highest BCUT2D eigenvalue weighted by Gasteiger charge is 2.35. The molecule has 1 atom stereocenters. The van der Waals surface area contributed by atoms with Crippen molar-refractivity contribution in [1.82, 2.24) is 5.32 Å². The Balaban J connectivity index is 3.08. The minimum atomic E-state index is -0.824. The Morgan fingerprint density at radius 3 is 2.29 bits per heavy atom. The van der Waals surface area contributed by atoms with Crippen molar-refractivity contribution in [2.24, 2.45) is 0 Å². The highest BCUT2D eigenvalue weighted by molar-refractivity contribution is 5.82. The highest BCUT2D eigenvalue weighted by atomic mass is 16.5. The molecule has 1 N–H and O–H groups in total. The van der Waals surface area contributed by atoms with E-state index in [1.165, 1.54) is 7.11 Å².